The highest BCUT2D eigenvalue weighted by molar-refractivity contribution is 6.30. The summed E-state index contributed by atoms with van der Waals surface area (Å²) in [7, 11) is 0. The Hall–Kier alpha value is -1.31. The van der Waals surface area contributed by atoms with Gasteiger partial charge in [-0.15, -0.1) is 0 Å². The molecule has 1 aliphatic rings. The molecule has 0 saturated heterocycles. The Bertz CT molecular complexity index is 536. The summed E-state index contributed by atoms with van der Waals surface area (Å²) in [5.41, 5.74) is 4.12. The normalized spacial score (nSPS) is 18.1. The van der Waals surface area contributed by atoms with Crippen LogP contribution in [0.2, 0.25) is 5.02 Å². The van der Waals surface area contributed by atoms with Gasteiger partial charge in [-0.1, -0.05) is 48.0 Å². The maximum absolute atomic E-state index is 6.01. The van der Waals surface area contributed by atoms with E-state index in [0.29, 0.717) is 6.04 Å². The summed E-state index contributed by atoms with van der Waals surface area (Å²) in [6.45, 7) is 0.974. The Balaban J connectivity index is 1.84. The molecular formula is C15H14ClN. The topological polar surface area (TPSA) is 12.0 Å². The van der Waals surface area contributed by atoms with E-state index in [4.69, 9.17) is 11.6 Å². The highest BCUT2D eigenvalue weighted by atomic mass is 35.5. The first-order valence-corrected chi connectivity index (χ1v) is 6.26. The largest absolute Gasteiger partial charge is 0.306 e. The molecule has 17 heavy (non-hydrogen) atoms. The molecule has 3 rings (SSSR count). The van der Waals surface area contributed by atoms with Crippen molar-refractivity contribution in [1.82, 2.24) is 5.32 Å². The van der Waals surface area contributed by atoms with Gasteiger partial charge in [0.2, 0.25) is 0 Å². The molecule has 1 nitrogen and oxygen atoms in total. The lowest BCUT2D eigenvalue weighted by molar-refractivity contribution is 0.581. The predicted octanol–water partition coefficient (Wildman–Crippen LogP) is 3.73. The van der Waals surface area contributed by atoms with Crippen LogP contribution in [0.4, 0.5) is 0 Å². The molecule has 1 atom stereocenters. The minimum absolute atomic E-state index is 0.421. The highest BCUT2D eigenvalue weighted by Gasteiger charge is 2.20. The standard InChI is InChI=1S/C15H14ClN/c16-13-6-3-4-11(8-13)9-15-14-7-2-1-5-12(14)10-17-15/h1-8,15,17H,9-10H2. The zero-order valence-corrected chi connectivity index (χ0v) is 10.2. The molecule has 2 heteroatoms. The van der Waals surface area contributed by atoms with Gasteiger partial charge in [0.25, 0.3) is 0 Å². The minimum atomic E-state index is 0.421. The number of halogens is 1. The summed E-state index contributed by atoms with van der Waals surface area (Å²) in [6, 6.07) is 17.1. The van der Waals surface area contributed by atoms with Gasteiger partial charge in [-0.25, -0.2) is 0 Å². The van der Waals surface area contributed by atoms with E-state index >= 15 is 0 Å². The van der Waals surface area contributed by atoms with Crippen molar-refractivity contribution in [2.45, 2.75) is 19.0 Å². The zero-order chi connectivity index (χ0) is 11.7. The molecule has 1 aliphatic heterocycles. The van der Waals surface area contributed by atoms with E-state index in [9.17, 15) is 0 Å². The lowest BCUT2D eigenvalue weighted by Gasteiger charge is -2.12. The first-order valence-electron chi connectivity index (χ1n) is 5.88. The van der Waals surface area contributed by atoms with Crippen molar-refractivity contribution in [3.05, 3.63) is 70.2 Å². The molecule has 0 bridgehead atoms. The van der Waals surface area contributed by atoms with Gasteiger partial charge in [0.15, 0.2) is 0 Å². The number of fused-ring (bicyclic) bond motifs is 1. The summed E-state index contributed by atoms with van der Waals surface area (Å²) in [5, 5.41) is 4.36. The Morgan fingerprint density at radius 2 is 2.00 bits per heavy atom. The molecule has 2 aromatic rings. The summed E-state index contributed by atoms with van der Waals surface area (Å²) in [5.74, 6) is 0. The van der Waals surface area contributed by atoms with Gasteiger partial charge in [-0.3, -0.25) is 0 Å². The van der Waals surface area contributed by atoms with E-state index in [-0.39, 0.29) is 0 Å². The SMILES string of the molecule is Clc1cccc(CC2NCc3ccccc32)c1. The molecule has 0 radical (unpaired) electrons. The van der Waals surface area contributed by atoms with Gasteiger partial charge in [0, 0.05) is 17.6 Å². The molecule has 0 aliphatic carbocycles. The first-order chi connectivity index (χ1) is 8.33. The number of nitrogens with one attached hydrogen (secondary N) is 1. The van der Waals surface area contributed by atoms with Gasteiger partial charge in [0.1, 0.15) is 0 Å². The van der Waals surface area contributed by atoms with Crippen LogP contribution in [0.5, 0.6) is 0 Å². The monoisotopic (exact) mass is 243 g/mol. The molecule has 0 saturated carbocycles. The van der Waals surface area contributed by atoms with Crippen molar-refractivity contribution in [2.24, 2.45) is 0 Å². The molecule has 0 amide bonds. The number of hydrogen-bond acceptors (Lipinski definition) is 1. The fourth-order valence-corrected chi connectivity index (χ4v) is 2.67. The molecule has 0 aromatic heterocycles. The lowest BCUT2D eigenvalue weighted by atomic mass is 9.99. The summed E-state index contributed by atoms with van der Waals surface area (Å²) < 4.78 is 0. The third kappa shape index (κ3) is 2.21. The smallest absolute Gasteiger partial charge is 0.0408 e. The average Bonchev–Trinajstić information content (AvgIpc) is 2.73. The molecule has 0 fully saturated rings. The maximum Gasteiger partial charge on any atom is 0.0408 e. The number of hydrogen-bond donors (Lipinski definition) is 1. The van der Waals surface area contributed by atoms with E-state index < -0.39 is 0 Å². The second kappa shape index (κ2) is 4.52. The second-order valence-electron chi connectivity index (χ2n) is 4.47. The van der Waals surface area contributed by atoms with Crippen LogP contribution in [0.25, 0.3) is 0 Å². The van der Waals surface area contributed by atoms with Gasteiger partial charge in [-0.2, -0.15) is 0 Å². The Kier molecular flexibility index (Phi) is 2.87. The molecule has 2 aromatic carbocycles. The third-order valence-electron chi connectivity index (χ3n) is 3.30. The fraction of sp³-hybridized carbons (Fsp3) is 0.200. The molecular weight excluding hydrogens is 230 g/mol. The Morgan fingerprint density at radius 3 is 2.88 bits per heavy atom. The van der Waals surface area contributed by atoms with E-state index in [0.717, 1.165) is 18.0 Å². The van der Waals surface area contributed by atoms with Gasteiger partial charge < -0.3 is 5.32 Å². The van der Waals surface area contributed by atoms with E-state index in [1.54, 1.807) is 0 Å². The molecule has 1 unspecified atom stereocenters. The van der Waals surface area contributed by atoms with Crippen LogP contribution in [0, 0.1) is 0 Å². The van der Waals surface area contributed by atoms with Crippen molar-refractivity contribution >= 4 is 11.6 Å². The number of benzene rings is 2. The minimum Gasteiger partial charge on any atom is -0.306 e. The maximum atomic E-state index is 6.01. The zero-order valence-electron chi connectivity index (χ0n) is 9.49. The van der Waals surface area contributed by atoms with Crippen molar-refractivity contribution < 1.29 is 0 Å². The van der Waals surface area contributed by atoms with Gasteiger partial charge >= 0.3 is 0 Å². The quantitative estimate of drug-likeness (QED) is 0.848. The van der Waals surface area contributed by atoms with Crippen LogP contribution in [0.15, 0.2) is 48.5 Å². The van der Waals surface area contributed by atoms with Crippen LogP contribution >= 0.6 is 11.6 Å². The summed E-state index contributed by atoms with van der Waals surface area (Å²) in [4.78, 5) is 0. The average molecular weight is 244 g/mol. The van der Waals surface area contributed by atoms with Gasteiger partial charge in [0.05, 0.1) is 0 Å². The fourth-order valence-electron chi connectivity index (χ4n) is 2.46. The summed E-state index contributed by atoms with van der Waals surface area (Å²) >= 11 is 6.01. The van der Waals surface area contributed by atoms with Crippen molar-refractivity contribution in [3.8, 4) is 0 Å². The van der Waals surface area contributed by atoms with Crippen LogP contribution in [0.3, 0.4) is 0 Å². The van der Waals surface area contributed by atoms with Crippen LogP contribution in [-0.2, 0) is 13.0 Å². The van der Waals surface area contributed by atoms with Crippen molar-refractivity contribution in [3.63, 3.8) is 0 Å². The number of rotatable bonds is 2. The van der Waals surface area contributed by atoms with E-state index in [1.807, 2.05) is 18.2 Å². The van der Waals surface area contributed by atoms with Crippen LogP contribution in [0.1, 0.15) is 22.7 Å². The first kappa shape index (κ1) is 10.8. The Morgan fingerprint density at radius 1 is 1.12 bits per heavy atom. The molecule has 86 valence electrons. The summed E-state index contributed by atoms with van der Waals surface area (Å²) in [6.07, 6.45) is 0.998. The third-order valence-corrected chi connectivity index (χ3v) is 3.53. The lowest BCUT2D eigenvalue weighted by Crippen LogP contribution is -2.14. The second-order valence-corrected chi connectivity index (χ2v) is 4.90. The van der Waals surface area contributed by atoms with Crippen molar-refractivity contribution in [2.75, 3.05) is 0 Å². The molecule has 0 spiro atoms. The van der Waals surface area contributed by atoms with E-state index in [2.05, 4.69) is 35.6 Å². The predicted molar refractivity (Wildman–Crippen MR) is 71.2 cm³/mol. The Labute approximate surface area is 106 Å². The molecule has 1 N–H and O–H groups in total. The van der Waals surface area contributed by atoms with Crippen LogP contribution in [-0.4, -0.2) is 0 Å². The molecule has 1 heterocycles. The van der Waals surface area contributed by atoms with Gasteiger partial charge in [-0.05, 0) is 35.2 Å². The highest BCUT2D eigenvalue weighted by Crippen LogP contribution is 2.28. The van der Waals surface area contributed by atoms with E-state index in [1.165, 1.54) is 16.7 Å². The van der Waals surface area contributed by atoms with Crippen LogP contribution < -0.4 is 5.32 Å². The van der Waals surface area contributed by atoms with Crippen molar-refractivity contribution in [1.29, 1.82) is 0 Å².